The van der Waals surface area contributed by atoms with Crippen LogP contribution in [0.5, 0.6) is 0 Å². The van der Waals surface area contributed by atoms with Crippen molar-refractivity contribution in [2.75, 3.05) is 0 Å². The van der Waals surface area contributed by atoms with Gasteiger partial charge in [-0.1, -0.05) is 15.9 Å². The third-order valence-electron chi connectivity index (χ3n) is 1.54. The first kappa shape index (κ1) is 11.0. The Morgan fingerprint density at radius 3 is 2.64 bits per heavy atom. The monoisotopic (exact) mass is 264 g/mol. The lowest BCUT2D eigenvalue weighted by atomic mass is 10.1. The fourth-order valence-electron chi connectivity index (χ4n) is 0.943. The minimum atomic E-state index is -3.03. The number of halogens is 4. The van der Waals surface area contributed by atoms with Crippen molar-refractivity contribution >= 4 is 15.9 Å². The van der Waals surface area contributed by atoms with E-state index in [2.05, 4.69) is 20.9 Å². The van der Waals surface area contributed by atoms with Crippen LogP contribution < -0.4 is 0 Å². The van der Waals surface area contributed by atoms with Gasteiger partial charge in [0, 0.05) is 5.33 Å². The van der Waals surface area contributed by atoms with E-state index in [9.17, 15) is 13.2 Å². The summed E-state index contributed by atoms with van der Waals surface area (Å²) in [7, 11) is 0. The van der Waals surface area contributed by atoms with Crippen LogP contribution in [-0.4, -0.2) is 4.98 Å². The molecular weight excluding hydrogens is 261 g/mol. The summed E-state index contributed by atoms with van der Waals surface area (Å²) in [5.74, 6) is -1.28. The van der Waals surface area contributed by atoms with Crippen molar-refractivity contribution < 1.29 is 13.2 Å². The fourth-order valence-corrected chi connectivity index (χ4v) is 1.23. The molecule has 1 aromatic rings. The van der Waals surface area contributed by atoms with E-state index < -0.39 is 17.9 Å². The highest BCUT2D eigenvalue weighted by Crippen LogP contribution is 2.25. The molecule has 0 saturated carbocycles. The molecule has 0 fully saturated rings. The summed E-state index contributed by atoms with van der Waals surface area (Å²) < 4.78 is 37.5. The van der Waals surface area contributed by atoms with Crippen molar-refractivity contribution in [1.82, 2.24) is 4.98 Å². The van der Waals surface area contributed by atoms with Crippen LogP contribution in [0.2, 0.25) is 0 Å². The number of alkyl halides is 3. The van der Waals surface area contributed by atoms with Gasteiger partial charge in [0.25, 0.3) is 6.43 Å². The Kier molecular flexibility index (Phi) is 3.47. The molecule has 6 heteroatoms. The van der Waals surface area contributed by atoms with Crippen molar-refractivity contribution in [3.63, 3.8) is 0 Å². The summed E-state index contributed by atoms with van der Waals surface area (Å²) in [5.41, 5.74) is -1.09. The predicted octanol–water partition coefficient (Wildman–Crippen LogP) is 2.92. The first-order valence-electron chi connectivity index (χ1n) is 3.53. The Morgan fingerprint density at radius 2 is 2.21 bits per heavy atom. The SMILES string of the molecule is N#Cc1cc(CBr)nc(F)c1C(F)F. The average Bonchev–Trinajstić information content (AvgIpc) is 2.15. The highest BCUT2D eigenvalue weighted by atomic mass is 79.9. The average molecular weight is 265 g/mol. The zero-order chi connectivity index (χ0) is 10.7. The second kappa shape index (κ2) is 4.42. The van der Waals surface area contributed by atoms with E-state index in [4.69, 9.17) is 5.26 Å². The predicted molar refractivity (Wildman–Crippen MR) is 46.5 cm³/mol. The summed E-state index contributed by atoms with van der Waals surface area (Å²) in [6.07, 6.45) is -3.03. The molecule has 1 heterocycles. The van der Waals surface area contributed by atoms with E-state index in [1.807, 2.05) is 0 Å². The molecule has 0 aliphatic carbocycles. The van der Waals surface area contributed by atoms with E-state index in [1.54, 1.807) is 0 Å². The smallest absolute Gasteiger partial charge is 0.223 e. The summed E-state index contributed by atoms with van der Waals surface area (Å²) >= 11 is 2.99. The molecule has 2 nitrogen and oxygen atoms in total. The lowest BCUT2D eigenvalue weighted by Gasteiger charge is -2.04. The summed E-state index contributed by atoms with van der Waals surface area (Å²) in [6, 6.07) is 2.65. The lowest BCUT2D eigenvalue weighted by molar-refractivity contribution is 0.144. The van der Waals surface area contributed by atoms with Crippen LogP contribution >= 0.6 is 15.9 Å². The maximum Gasteiger partial charge on any atom is 0.269 e. The van der Waals surface area contributed by atoms with Gasteiger partial charge in [0.05, 0.1) is 22.9 Å². The van der Waals surface area contributed by atoms with Crippen molar-refractivity contribution in [2.45, 2.75) is 11.8 Å². The molecule has 0 spiro atoms. The standard InChI is InChI=1S/C8H4BrF3N2/c9-2-5-1-4(3-13)6(7(10)11)8(12)14-5/h1,7H,2H2. The van der Waals surface area contributed by atoms with Gasteiger partial charge in [0.15, 0.2) is 0 Å². The molecule has 0 radical (unpaired) electrons. The Balaban J connectivity index is 3.37. The number of nitrogens with zero attached hydrogens (tertiary/aromatic N) is 2. The first-order valence-corrected chi connectivity index (χ1v) is 4.65. The Hall–Kier alpha value is -1.09. The third-order valence-corrected chi connectivity index (χ3v) is 2.12. The van der Waals surface area contributed by atoms with E-state index >= 15 is 0 Å². The van der Waals surface area contributed by atoms with Gasteiger partial charge in [-0.2, -0.15) is 9.65 Å². The van der Waals surface area contributed by atoms with Crippen molar-refractivity contribution in [2.24, 2.45) is 0 Å². The minimum absolute atomic E-state index is 0.210. The van der Waals surface area contributed by atoms with Crippen LogP contribution in [0.25, 0.3) is 0 Å². The molecule has 0 unspecified atom stereocenters. The zero-order valence-electron chi connectivity index (χ0n) is 6.77. The number of pyridine rings is 1. The van der Waals surface area contributed by atoms with Gasteiger partial charge < -0.3 is 0 Å². The third kappa shape index (κ3) is 2.04. The maximum atomic E-state index is 13.0. The van der Waals surface area contributed by atoms with Crippen LogP contribution in [-0.2, 0) is 5.33 Å². The highest BCUT2D eigenvalue weighted by molar-refractivity contribution is 9.08. The topological polar surface area (TPSA) is 36.7 Å². The van der Waals surface area contributed by atoms with Crippen LogP contribution in [0.15, 0.2) is 6.07 Å². The van der Waals surface area contributed by atoms with Crippen molar-refractivity contribution in [3.05, 3.63) is 28.8 Å². The van der Waals surface area contributed by atoms with Crippen LogP contribution in [0, 0.1) is 17.3 Å². The normalized spacial score (nSPS) is 10.3. The second-order valence-corrected chi connectivity index (χ2v) is 2.97. The molecular formula is C8H4BrF3N2. The number of rotatable bonds is 2. The summed E-state index contributed by atoms with van der Waals surface area (Å²) in [6.45, 7) is 0. The maximum absolute atomic E-state index is 13.0. The van der Waals surface area contributed by atoms with E-state index in [0.717, 1.165) is 6.07 Å². The second-order valence-electron chi connectivity index (χ2n) is 2.41. The molecule has 0 aliphatic rings. The molecule has 1 rings (SSSR count). The van der Waals surface area contributed by atoms with E-state index in [1.165, 1.54) is 6.07 Å². The lowest BCUT2D eigenvalue weighted by Crippen LogP contribution is -2.01. The molecule has 0 N–H and O–H groups in total. The quantitative estimate of drug-likeness (QED) is 0.609. The first-order chi connectivity index (χ1) is 6.60. The van der Waals surface area contributed by atoms with E-state index in [-0.39, 0.29) is 16.6 Å². The molecule has 0 atom stereocenters. The number of hydrogen-bond acceptors (Lipinski definition) is 2. The molecule has 0 aromatic carbocycles. The van der Waals surface area contributed by atoms with Gasteiger partial charge >= 0.3 is 0 Å². The number of hydrogen-bond donors (Lipinski definition) is 0. The molecule has 0 bridgehead atoms. The summed E-state index contributed by atoms with van der Waals surface area (Å²) in [4.78, 5) is 3.28. The minimum Gasteiger partial charge on any atom is -0.223 e. The molecule has 74 valence electrons. The largest absolute Gasteiger partial charge is 0.269 e. The molecule has 1 aromatic heterocycles. The van der Waals surface area contributed by atoms with E-state index in [0.29, 0.717) is 0 Å². The van der Waals surface area contributed by atoms with Crippen molar-refractivity contribution in [3.8, 4) is 6.07 Å². The van der Waals surface area contributed by atoms with Crippen LogP contribution in [0.1, 0.15) is 23.2 Å². The summed E-state index contributed by atoms with van der Waals surface area (Å²) in [5, 5.41) is 8.73. The molecule has 0 saturated heterocycles. The zero-order valence-corrected chi connectivity index (χ0v) is 8.35. The fraction of sp³-hybridized carbons (Fsp3) is 0.250. The van der Waals surface area contributed by atoms with Gasteiger partial charge in [0.2, 0.25) is 5.95 Å². The number of nitriles is 1. The van der Waals surface area contributed by atoms with Crippen LogP contribution in [0.4, 0.5) is 13.2 Å². The molecule has 0 aliphatic heterocycles. The van der Waals surface area contributed by atoms with Crippen molar-refractivity contribution in [1.29, 1.82) is 5.26 Å². The van der Waals surface area contributed by atoms with Gasteiger partial charge in [-0.3, -0.25) is 0 Å². The van der Waals surface area contributed by atoms with Gasteiger partial charge in [-0.25, -0.2) is 13.8 Å². The Morgan fingerprint density at radius 1 is 1.57 bits per heavy atom. The highest BCUT2D eigenvalue weighted by Gasteiger charge is 2.20. The van der Waals surface area contributed by atoms with Gasteiger partial charge in [-0.15, -0.1) is 0 Å². The Labute approximate surface area is 86.5 Å². The molecule has 14 heavy (non-hydrogen) atoms. The number of aromatic nitrogens is 1. The molecule has 0 amide bonds. The van der Waals surface area contributed by atoms with Crippen LogP contribution in [0.3, 0.4) is 0 Å². The Bertz CT molecular complexity index is 387. The van der Waals surface area contributed by atoms with Gasteiger partial charge in [0.1, 0.15) is 0 Å². The van der Waals surface area contributed by atoms with Gasteiger partial charge in [-0.05, 0) is 6.07 Å².